The van der Waals surface area contributed by atoms with Crippen molar-refractivity contribution in [3.05, 3.63) is 29.3 Å². The van der Waals surface area contributed by atoms with Crippen LogP contribution in [0.15, 0.2) is 28.4 Å². The molecule has 1 aliphatic rings. The van der Waals surface area contributed by atoms with Crippen LogP contribution in [0.5, 0.6) is 5.75 Å². The lowest BCUT2D eigenvalue weighted by Crippen LogP contribution is -2.19. The van der Waals surface area contributed by atoms with Gasteiger partial charge in [0.2, 0.25) is 5.91 Å². The van der Waals surface area contributed by atoms with Crippen molar-refractivity contribution in [2.24, 2.45) is 10.2 Å². The third-order valence-corrected chi connectivity index (χ3v) is 3.51. The highest BCUT2D eigenvalue weighted by atomic mass is 32.2. The summed E-state index contributed by atoms with van der Waals surface area (Å²) in [5.74, 6) is 0.853. The third kappa shape index (κ3) is 3.57. The zero-order chi connectivity index (χ0) is 13.8. The first-order valence-corrected chi connectivity index (χ1v) is 6.91. The van der Waals surface area contributed by atoms with Crippen LogP contribution in [0.4, 0.5) is 0 Å². The minimum atomic E-state index is -0.0661. The Morgan fingerprint density at radius 2 is 2.26 bits per heavy atom. The van der Waals surface area contributed by atoms with Gasteiger partial charge >= 0.3 is 0 Å². The van der Waals surface area contributed by atoms with E-state index in [9.17, 15) is 9.90 Å². The normalized spacial score (nSPS) is 17.6. The van der Waals surface area contributed by atoms with Crippen molar-refractivity contribution in [2.75, 3.05) is 5.75 Å². The summed E-state index contributed by atoms with van der Waals surface area (Å²) in [4.78, 5) is 11.0. The van der Waals surface area contributed by atoms with Gasteiger partial charge in [-0.2, -0.15) is 5.10 Å². The van der Waals surface area contributed by atoms with Crippen molar-refractivity contribution in [2.45, 2.75) is 19.8 Å². The predicted octanol–water partition coefficient (Wildman–Crippen LogP) is 2.07. The Labute approximate surface area is 115 Å². The van der Waals surface area contributed by atoms with Gasteiger partial charge in [-0.15, -0.1) is 5.10 Å². The van der Waals surface area contributed by atoms with Crippen LogP contribution in [-0.4, -0.2) is 28.1 Å². The van der Waals surface area contributed by atoms with Gasteiger partial charge < -0.3 is 10.4 Å². The van der Waals surface area contributed by atoms with Crippen molar-refractivity contribution in [3.8, 4) is 5.75 Å². The van der Waals surface area contributed by atoms with E-state index >= 15 is 0 Å². The maximum absolute atomic E-state index is 11.0. The summed E-state index contributed by atoms with van der Waals surface area (Å²) in [5.41, 5.74) is 1.74. The molecule has 6 heteroatoms. The molecule has 19 heavy (non-hydrogen) atoms. The highest BCUT2D eigenvalue weighted by Crippen LogP contribution is 2.22. The summed E-state index contributed by atoms with van der Waals surface area (Å²) >= 11 is 1.31. The largest absolute Gasteiger partial charge is 0.507 e. The monoisotopic (exact) mass is 277 g/mol. The van der Waals surface area contributed by atoms with Crippen LogP contribution in [0.2, 0.25) is 0 Å². The van der Waals surface area contributed by atoms with Crippen LogP contribution in [0.3, 0.4) is 0 Å². The number of amides is 1. The fourth-order valence-electron chi connectivity index (χ4n) is 1.56. The van der Waals surface area contributed by atoms with Crippen molar-refractivity contribution >= 4 is 29.1 Å². The van der Waals surface area contributed by atoms with Crippen LogP contribution in [-0.2, 0) is 4.79 Å². The number of benzene rings is 1. The van der Waals surface area contributed by atoms with Gasteiger partial charge in [0.05, 0.1) is 12.0 Å². The molecule has 1 heterocycles. The molecule has 0 aliphatic carbocycles. The highest BCUT2D eigenvalue weighted by Gasteiger charge is 2.15. The maximum Gasteiger partial charge on any atom is 0.236 e. The van der Waals surface area contributed by atoms with Gasteiger partial charge in [0.25, 0.3) is 0 Å². The van der Waals surface area contributed by atoms with E-state index in [2.05, 4.69) is 29.4 Å². The number of carbonyl (C=O) groups excluding carboxylic acids is 1. The summed E-state index contributed by atoms with van der Waals surface area (Å²) in [6.45, 7) is 4.16. The molecular formula is C13H15N3O2S. The Morgan fingerprint density at radius 1 is 1.47 bits per heavy atom. The quantitative estimate of drug-likeness (QED) is 0.656. The molecule has 0 bridgehead atoms. The Kier molecular flexibility index (Phi) is 4.21. The Bertz CT molecular complexity index is 553. The van der Waals surface area contributed by atoms with Crippen LogP contribution < -0.4 is 5.32 Å². The molecule has 0 spiro atoms. The number of carbonyl (C=O) groups is 1. The second-order valence-corrected chi connectivity index (χ2v) is 5.42. The number of hydrogen-bond acceptors (Lipinski definition) is 5. The zero-order valence-electron chi connectivity index (χ0n) is 10.8. The molecule has 2 rings (SSSR count). The van der Waals surface area contributed by atoms with Crippen molar-refractivity contribution in [1.82, 2.24) is 5.32 Å². The molecule has 1 amide bonds. The number of rotatable bonds is 3. The average Bonchev–Trinajstić information content (AvgIpc) is 2.77. The van der Waals surface area contributed by atoms with Crippen LogP contribution in [0.1, 0.15) is 30.9 Å². The highest BCUT2D eigenvalue weighted by molar-refractivity contribution is 8.15. The summed E-state index contributed by atoms with van der Waals surface area (Å²) in [5, 5.41) is 20.6. The molecule has 100 valence electrons. The van der Waals surface area contributed by atoms with Crippen LogP contribution >= 0.6 is 11.8 Å². The average molecular weight is 277 g/mol. The van der Waals surface area contributed by atoms with Crippen molar-refractivity contribution in [1.29, 1.82) is 0 Å². The number of phenolic OH excluding ortho intramolecular Hbond substituents is 1. The lowest BCUT2D eigenvalue weighted by atomic mass is 10.0. The number of amidine groups is 1. The number of nitrogens with zero attached hydrogens (tertiary/aromatic N) is 2. The second kappa shape index (κ2) is 5.88. The van der Waals surface area contributed by atoms with Crippen molar-refractivity contribution < 1.29 is 9.90 Å². The summed E-state index contributed by atoms with van der Waals surface area (Å²) in [6, 6.07) is 5.41. The minimum Gasteiger partial charge on any atom is -0.507 e. The van der Waals surface area contributed by atoms with Gasteiger partial charge in [0.15, 0.2) is 5.17 Å². The molecule has 1 aromatic carbocycles. The molecule has 5 nitrogen and oxygen atoms in total. The Balaban J connectivity index is 2.14. The van der Waals surface area contributed by atoms with Crippen LogP contribution in [0.25, 0.3) is 0 Å². The van der Waals surface area contributed by atoms with Crippen molar-refractivity contribution in [3.63, 3.8) is 0 Å². The first-order valence-electron chi connectivity index (χ1n) is 5.93. The first-order chi connectivity index (χ1) is 9.06. The molecule has 0 unspecified atom stereocenters. The lowest BCUT2D eigenvalue weighted by Gasteiger charge is -2.06. The topological polar surface area (TPSA) is 74.1 Å². The number of phenols is 1. The number of nitrogens with one attached hydrogen (secondary N) is 1. The van der Waals surface area contributed by atoms with Crippen LogP contribution in [0, 0.1) is 0 Å². The standard InChI is InChI=1S/C13H15N3O2S/c1-8(2)9-3-4-11(17)10(5-9)6-14-16-13-15-12(18)7-19-13/h3-6,8,17H,7H2,1-2H3,(H,15,16,18). The summed E-state index contributed by atoms with van der Waals surface area (Å²) < 4.78 is 0. The van der Waals surface area contributed by atoms with Gasteiger partial charge in [-0.3, -0.25) is 4.79 Å². The molecule has 0 radical (unpaired) electrons. The maximum atomic E-state index is 11.0. The van der Waals surface area contributed by atoms with E-state index in [1.54, 1.807) is 6.07 Å². The van der Waals surface area contributed by atoms with E-state index < -0.39 is 0 Å². The molecule has 1 aliphatic heterocycles. The Hall–Kier alpha value is -1.82. The first kappa shape index (κ1) is 13.6. The SMILES string of the molecule is CC(C)c1ccc(O)c(C=NN=C2NC(=O)CS2)c1. The predicted molar refractivity (Wildman–Crippen MR) is 77.8 cm³/mol. The Morgan fingerprint density at radius 3 is 2.89 bits per heavy atom. The minimum absolute atomic E-state index is 0.0661. The molecule has 0 atom stereocenters. The van der Waals surface area contributed by atoms with Gasteiger partial charge in [-0.25, -0.2) is 0 Å². The third-order valence-electron chi connectivity index (χ3n) is 2.65. The van der Waals surface area contributed by atoms with Gasteiger partial charge in [-0.05, 0) is 23.6 Å². The fraction of sp³-hybridized carbons (Fsp3) is 0.308. The van der Waals surface area contributed by atoms with E-state index in [4.69, 9.17) is 0 Å². The molecule has 1 fully saturated rings. The van der Waals surface area contributed by atoms with Gasteiger partial charge in [0, 0.05) is 5.56 Å². The van der Waals surface area contributed by atoms with Gasteiger partial charge in [0.1, 0.15) is 5.75 Å². The molecule has 1 aromatic rings. The summed E-state index contributed by atoms with van der Waals surface area (Å²) in [6.07, 6.45) is 1.49. The van der Waals surface area contributed by atoms with E-state index in [0.717, 1.165) is 5.56 Å². The second-order valence-electron chi connectivity index (χ2n) is 4.46. The smallest absolute Gasteiger partial charge is 0.236 e. The fourth-order valence-corrected chi connectivity index (χ4v) is 2.19. The summed E-state index contributed by atoms with van der Waals surface area (Å²) in [7, 11) is 0. The van der Waals surface area contributed by atoms with E-state index in [0.29, 0.717) is 22.4 Å². The molecule has 0 aromatic heterocycles. The molecule has 2 N–H and O–H groups in total. The molecule has 0 saturated carbocycles. The van der Waals surface area contributed by atoms with E-state index in [1.807, 2.05) is 12.1 Å². The lowest BCUT2D eigenvalue weighted by molar-refractivity contribution is -0.116. The number of thioether (sulfide) groups is 1. The molecule has 1 saturated heterocycles. The zero-order valence-corrected chi connectivity index (χ0v) is 11.6. The van der Waals surface area contributed by atoms with E-state index in [1.165, 1.54) is 18.0 Å². The number of hydrogen-bond donors (Lipinski definition) is 2. The molecular weight excluding hydrogens is 262 g/mol. The van der Waals surface area contributed by atoms with E-state index in [-0.39, 0.29) is 11.7 Å². The number of aromatic hydroxyl groups is 1. The van der Waals surface area contributed by atoms with Gasteiger partial charge in [-0.1, -0.05) is 31.7 Å².